The van der Waals surface area contributed by atoms with Crippen LogP contribution in [0.4, 0.5) is 4.79 Å². The van der Waals surface area contributed by atoms with E-state index in [1.165, 1.54) is 16.2 Å². The lowest BCUT2D eigenvalue weighted by molar-refractivity contribution is -0.153. The first-order valence-corrected chi connectivity index (χ1v) is 9.86. The fourth-order valence-electron chi connectivity index (χ4n) is 2.98. The maximum Gasteiger partial charge on any atom is 0.326 e. The molecule has 0 radical (unpaired) electrons. The van der Waals surface area contributed by atoms with E-state index < -0.39 is 36.6 Å². The van der Waals surface area contributed by atoms with Gasteiger partial charge >= 0.3 is 12.0 Å². The van der Waals surface area contributed by atoms with Gasteiger partial charge in [-0.25, -0.2) is 4.79 Å². The van der Waals surface area contributed by atoms with E-state index in [9.17, 15) is 19.2 Å². The number of urea groups is 1. The molecule has 9 heteroatoms. The van der Waals surface area contributed by atoms with Crippen molar-refractivity contribution in [3.05, 3.63) is 58.3 Å². The lowest BCUT2D eigenvalue weighted by Gasteiger charge is -2.22. The van der Waals surface area contributed by atoms with Crippen molar-refractivity contribution in [3.8, 4) is 0 Å². The second-order valence-corrected chi connectivity index (χ2v) is 7.63. The smallest absolute Gasteiger partial charge is 0.326 e. The average Bonchev–Trinajstić information content (AvgIpc) is 3.29. The Morgan fingerprint density at radius 2 is 1.93 bits per heavy atom. The molecule has 0 aliphatic carbocycles. The SMILES string of the molecule is CN(Cc1ccsc1)C(=O)COC(=O)CN1C(=O)N[C@](C)(c2ccccc2)C1=O. The zero-order valence-electron chi connectivity index (χ0n) is 16.1. The van der Waals surface area contributed by atoms with Gasteiger partial charge in [-0.15, -0.1) is 0 Å². The Bertz CT molecular complexity index is 915. The number of esters is 1. The summed E-state index contributed by atoms with van der Waals surface area (Å²) in [4.78, 5) is 51.5. The minimum absolute atomic E-state index is 0.379. The molecule has 0 bridgehead atoms. The summed E-state index contributed by atoms with van der Waals surface area (Å²) < 4.78 is 4.98. The van der Waals surface area contributed by atoms with E-state index in [-0.39, 0.29) is 5.91 Å². The van der Waals surface area contributed by atoms with Crippen LogP contribution in [0.25, 0.3) is 0 Å². The predicted molar refractivity (Wildman–Crippen MR) is 106 cm³/mol. The van der Waals surface area contributed by atoms with E-state index in [1.54, 1.807) is 44.3 Å². The summed E-state index contributed by atoms with van der Waals surface area (Å²) in [5, 5.41) is 6.45. The Hall–Kier alpha value is -3.20. The minimum atomic E-state index is -1.25. The van der Waals surface area contributed by atoms with Crippen molar-refractivity contribution in [1.82, 2.24) is 15.1 Å². The normalized spacial score (nSPS) is 18.5. The quantitative estimate of drug-likeness (QED) is 0.549. The molecular weight excluding hydrogens is 394 g/mol. The molecule has 0 spiro atoms. The molecule has 1 aromatic carbocycles. The number of benzene rings is 1. The number of thiophene rings is 1. The van der Waals surface area contributed by atoms with E-state index in [2.05, 4.69) is 5.32 Å². The predicted octanol–water partition coefficient (Wildman–Crippen LogP) is 1.72. The van der Waals surface area contributed by atoms with Crippen LogP contribution in [0, 0.1) is 0 Å². The number of hydrogen-bond donors (Lipinski definition) is 1. The number of ether oxygens (including phenoxy) is 1. The molecule has 1 atom stereocenters. The highest BCUT2D eigenvalue weighted by Crippen LogP contribution is 2.28. The van der Waals surface area contributed by atoms with Gasteiger partial charge in [0.25, 0.3) is 11.8 Å². The fraction of sp³-hybridized carbons (Fsp3) is 0.300. The third-order valence-corrected chi connectivity index (χ3v) is 5.43. The molecule has 1 aromatic heterocycles. The van der Waals surface area contributed by atoms with Crippen LogP contribution >= 0.6 is 11.3 Å². The zero-order chi connectivity index (χ0) is 21.0. The molecule has 152 valence electrons. The van der Waals surface area contributed by atoms with Crippen molar-refractivity contribution in [1.29, 1.82) is 0 Å². The van der Waals surface area contributed by atoms with Gasteiger partial charge in [0.2, 0.25) is 0 Å². The Morgan fingerprint density at radius 1 is 1.21 bits per heavy atom. The molecule has 4 amide bonds. The number of nitrogens with zero attached hydrogens (tertiary/aromatic N) is 2. The standard InChI is InChI=1S/C20H21N3O5S/c1-20(15-6-4-3-5-7-15)18(26)23(19(27)21-20)11-17(25)28-12-16(24)22(2)10-14-8-9-29-13-14/h3-9,13H,10-12H2,1-2H3,(H,21,27)/t20-/m1/s1. The number of nitrogens with one attached hydrogen (secondary N) is 1. The van der Waals surface area contributed by atoms with Gasteiger partial charge < -0.3 is 15.0 Å². The van der Waals surface area contributed by atoms with E-state index in [0.717, 1.165) is 10.5 Å². The van der Waals surface area contributed by atoms with Crippen LogP contribution in [0.15, 0.2) is 47.2 Å². The zero-order valence-corrected chi connectivity index (χ0v) is 16.9. The molecule has 1 aliphatic rings. The minimum Gasteiger partial charge on any atom is -0.454 e. The maximum atomic E-state index is 12.8. The van der Waals surface area contributed by atoms with Crippen molar-refractivity contribution in [3.63, 3.8) is 0 Å². The molecule has 29 heavy (non-hydrogen) atoms. The van der Waals surface area contributed by atoms with Gasteiger partial charge in [-0.05, 0) is 34.9 Å². The Kier molecular flexibility index (Phi) is 5.97. The van der Waals surface area contributed by atoms with Crippen LogP contribution in [-0.2, 0) is 31.2 Å². The molecular formula is C20H21N3O5S. The third-order valence-electron chi connectivity index (χ3n) is 4.70. The van der Waals surface area contributed by atoms with Gasteiger partial charge in [0, 0.05) is 13.6 Å². The average molecular weight is 415 g/mol. The van der Waals surface area contributed by atoms with Crippen LogP contribution in [-0.4, -0.2) is 53.8 Å². The van der Waals surface area contributed by atoms with E-state index in [0.29, 0.717) is 12.1 Å². The number of rotatable bonds is 7. The fourth-order valence-corrected chi connectivity index (χ4v) is 3.64. The van der Waals surface area contributed by atoms with Crippen LogP contribution in [0.3, 0.4) is 0 Å². The van der Waals surface area contributed by atoms with Crippen molar-refractivity contribution < 1.29 is 23.9 Å². The van der Waals surface area contributed by atoms with Crippen LogP contribution < -0.4 is 5.32 Å². The number of carbonyl (C=O) groups is 4. The van der Waals surface area contributed by atoms with Gasteiger partial charge in [0.1, 0.15) is 12.1 Å². The first kappa shape index (κ1) is 20.5. The topological polar surface area (TPSA) is 96.0 Å². The van der Waals surface area contributed by atoms with Crippen LogP contribution in [0.5, 0.6) is 0 Å². The molecule has 1 aliphatic heterocycles. The summed E-state index contributed by atoms with van der Waals surface area (Å²) in [5.74, 6) is -1.76. The van der Waals surface area contributed by atoms with Gasteiger partial charge in [0.05, 0.1) is 0 Å². The third kappa shape index (κ3) is 4.45. The van der Waals surface area contributed by atoms with Crippen molar-refractivity contribution >= 4 is 35.2 Å². The largest absolute Gasteiger partial charge is 0.454 e. The van der Waals surface area contributed by atoms with Crippen LogP contribution in [0.2, 0.25) is 0 Å². The second-order valence-electron chi connectivity index (χ2n) is 6.85. The molecule has 3 rings (SSSR count). The summed E-state index contributed by atoms with van der Waals surface area (Å²) in [6, 6.07) is 9.99. The lowest BCUT2D eigenvalue weighted by Crippen LogP contribution is -2.42. The van der Waals surface area contributed by atoms with Gasteiger partial charge in [0.15, 0.2) is 6.61 Å². The number of carbonyl (C=O) groups excluding carboxylic acids is 4. The van der Waals surface area contributed by atoms with Crippen molar-refractivity contribution in [2.75, 3.05) is 20.2 Å². The molecule has 0 unspecified atom stereocenters. The highest BCUT2D eigenvalue weighted by Gasteiger charge is 2.49. The number of hydrogen-bond acceptors (Lipinski definition) is 6. The Morgan fingerprint density at radius 3 is 2.59 bits per heavy atom. The summed E-state index contributed by atoms with van der Waals surface area (Å²) >= 11 is 1.53. The lowest BCUT2D eigenvalue weighted by atomic mass is 9.92. The molecule has 8 nitrogen and oxygen atoms in total. The van der Waals surface area contributed by atoms with Gasteiger partial charge in [-0.1, -0.05) is 30.3 Å². The summed E-state index contributed by atoms with van der Waals surface area (Å²) in [6.45, 7) is 0.965. The first-order chi connectivity index (χ1) is 13.8. The summed E-state index contributed by atoms with van der Waals surface area (Å²) in [6.07, 6.45) is 0. The second kappa shape index (κ2) is 8.44. The first-order valence-electron chi connectivity index (χ1n) is 8.91. The molecule has 2 heterocycles. The number of imide groups is 1. The summed E-state index contributed by atoms with van der Waals surface area (Å²) in [7, 11) is 1.61. The van der Waals surface area contributed by atoms with Gasteiger partial charge in [-0.3, -0.25) is 19.3 Å². The van der Waals surface area contributed by atoms with E-state index >= 15 is 0 Å². The number of amides is 4. The molecule has 1 fully saturated rings. The monoisotopic (exact) mass is 415 g/mol. The summed E-state index contributed by atoms with van der Waals surface area (Å²) in [5.41, 5.74) is 0.339. The molecule has 2 aromatic rings. The van der Waals surface area contributed by atoms with E-state index in [4.69, 9.17) is 4.74 Å². The highest BCUT2D eigenvalue weighted by molar-refractivity contribution is 7.07. The Balaban J connectivity index is 1.54. The Labute approximate surface area is 172 Å². The van der Waals surface area contributed by atoms with Crippen molar-refractivity contribution in [2.45, 2.75) is 19.0 Å². The molecule has 1 saturated heterocycles. The highest BCUT2D eigenvalue weighted by atomic mass is 32.1. The van der Waals surface area contributed by atoms with Crippen molar-refractivity contribution in [2.24, 2.45) is 0 Å². The number of likely N-dealkylation sites (N-methyl/N-ethyl adjacent to an activating group) is 1. The molecule has 0 saturated carbocycles. The van der Waals surface area contributed by atoms with Gasteiger partial charge in [-0.2, -0.15) is 11.3 Å². The maximum absolute atomic E-state index is 12.8. The van der Waals surface area contributed by atoms with E-state index in [1.807, 2.05) is 16.8 Å². The van der Waals surface area contributed by atoms with Crippen LogP contribution in [0.1, 0.15) is 18.1 Å². The molecule has 1 N–H and O–H groups in total.